The van der Waals surface area contributed by atoms with E-state index in [2.05, 4.69) is 5.32 Å². The first-order valence-corrected chi connectivity index (χ1v) is 6.86. The number of nitrogens with one attached hydrogen (secondary N) is 1. The van der Waals surface area contributed by atoms with Crippen LogP contribution >= 0.6 is 0 Å². The Morgan fingerprint density at radius 1 is 1.45 bits per heavy atom. The van der Waals surface area contributed by atoms with Gasteiger partial charge in [0.05, 0.1) is 6.04 Å². The van der Waals surface area contributed by atoms with Gasteiger partial charge in [0.1, 0.15) is 0 Å². The Morgan fingerprint density at radius 2 is 2.15 bits per heavy atom. The summed E-state index contributed by atoms with van der Waals surface area (Å²) in [6.45, 7) is 3.84. The van der Waals surface area contributed by atoms with Crippen LogP contribution in [0.25, 0.3) is 0 Å². The topological polar surface area (TPSA) is 67.6 Å². The molecule has 0 heterocycles. The average Bonchev–Trinajstić information content (AvgIpc) is 2.45. The minimum Gasteiger partial charge on any atom is -0.398 e. The van der Waals surface area contributed by atoms with Crippen LogP contribution < -0.4 is 11.1 Å². The molecule has 1 aromatic rings. The van der Waals surface area contributed by atoms with Crippen LogP contribution in [0.2, 0.25) is 0 Å². The smallest absolute Gasteiger partial charge is 0.237 e. The maximum Gasteiger partial charge on any atom is 0.237 e. The number of amides is 1. The summed E-state index contributed by atoms with van der Waals surface area (Å²) in [4.78, 5) is 14.0. The van der Waals surface area contributed by atoms with Crippen LogP contribution in [-0.4, -0.2) is 44.2 Å². The number of hydrogen-bond donors (Lipinski definition) is 2. The Morgan fingerprint density at radius 3 is 2.80 bits per heavy atom. The molecule has 0 spiro atoms. The number of carbonyl (C=O) groups is 1. The van der Waals surface area contributed by atoms with Gasteiger partial charge in [0.2, 0.25) is 5.91 Å². The summed E-state index contributed by atoms with van der Waals surface area (Å²) in [5.41, 5.74) is 7.71. The summed E-state index contributed by atoms with van der Waals surface area (Å²) in [7, 11) is 3.58. The number of likely N-dealkylation sites (N-methyl/N-ethyl adjacent to an activating group) is 1. The Bertz CT molecular complexity index is 423. The average molecular weight is 279 g/mol. The van der Waals surface area contributed by atoms with E-state index in [9.17, 15) is 4.79 Å². The van der Waals surface area contributed by atoms with Gasteiger partial charge in [-0.1, -0.05) is 18.2 Å². The van der Waals surface area contributed by atoms with E-state index in [1.54, 1.807) is 7.11 Å². The highest BCUT2D eigenvalue weighted by Gasteiger charge is 2.18. The number of para-hydroxylation sites is 1. The van der Waals surface area contributed by atoms with Crippen molar-refractivity contribution < 1.29 is 9.53 Å². The summed E-state index contributed by atoms with van der Waals surface area (Å²) < 4.78 is 4.95. The van der Waals surface area contributed by atoms with Gasteiger partial charge in [-0.15, -0.1) is 0 Å². The standard InChI is InChI=1S/C15H25N3O2/c1-12(15(19)17-9-6-10-20-3)18(2)11-13-7-4-5-8-14(13)16/h4-5,7-8,12H,6,9-11,16H2,1-3H3,(H,17,19). The first-order valence-electron chi connectivity index (χ1n) is 6.86. The number of methoxy groups -OCH3 is 1. The fourth-order valence-electron chi connectivity index (χ4n) is 1.86. The third kappa shape index (κ3) is 5.19. The Hall–Kier alpha value is -1.59. The molecule has 0 aliphatic rings. The van der Waals surface area contributed by atoms with Crippen molar-refractivity contribution in [3.05, 3.63) is 29.8 Å². The Balaban J connectivity index is 2.44. The number of nitrogen functional groups attached to an aromatic ring is 1. The highest BCUT2D eigenvalue weighted by molar-refractivity contribution is 5.81. The predicted molar refractivity (Wildman–Crippen MR) is 81.3 cm³/mol. The number of benzene rings is 1. The molecule has 0 fully saturated rings. The van der Waals surface area contributed by atoms with Crippen molar-refractivity contribution in [2.24, 2.45) is 0 Å². The summed E-state index contributed by atoms with van der Waals surface area (Å²) in [5.74, 6) is 0.0260. The third-order valence-electron chi connectivity index (χ3n) is 3.34. The van der Waals surface area contributed by atoms with Gasteiger partial charge < -0.3 is 15.8 Å². The SMILES string of the molecule is COCCCNC(=O)C(C)N(C)Cc1ccccc1N. The van der Waals surface area contributed by atoms with Crippen molar-refractivity contribution in [3.63, 3.8) is 0 Å². The number of nitrogens with zero attached hydrogens (tertiary/aromatic N) is 1. The summed E-state index contributed by atoms with van der Waals surface area (Å²) >= 11 is 0. The first kappa shape index (κ1) is 16.5. The van der Waals surface area contributed by atoms with Gasteiger partial charge in [-0.05, 0) is 32.0 Å². The number of hydrogen-bond acceptors (Lipinski definition) is 4. The number of anilines is 1. The zero-order valence-electron chi connectivity index (χ0n) is 12.6. The van der Waals surface area contributed by atoms with E-state index in [0.717, 1.165) is 17.7 Å². The lowest BCUT2D eigenvalue weighted by Gasteiger charge is -2.24. The minimum atomic E-state index is -0.197. The number of ether oxygens (including phenoxy) is 1. The van der Waals surface area contributed by atoms with Gasteiger partial charge >= 0.3 is 0 Å². The first-order chi connectivity index (χ1) is 9.56. The van der Waals surface area contributed by atoms with Crippen LogP contribution in [0.1, 0.15) is 18.9 Å². The van der Waals surface area contributed by atoms with Gasteiger partial charge in [-0.25, -0.2) is 0 Å². The van der Waals surface area contributed by atoms with E-state index in [1.807, 2.05) is 43.1 Å². The maximum atomic E-state index is 12.0. The van der Waals surface area contributed by atoms with Crippen molar-refractivity contribution in [3.8, 4) is 0 Å². The molecular weight excluding hydrogens is 254 g/mol. The van der Waals surface area contributed by atoms with Gasteiger partial charge in [-0.3, -0.25) is 9.69 Å². The van der Waals surface area contributed by atoms with Gasteiger partial charge in [-0.2, -0.15) is 0 Å². The molecule has 1 rings (SSSR count). The molecule has 0 aliphatic heterocycles. The van der Waals surface area contributed by atoms with Crippen LogP contribution in [0, 0.1) is 0 Å². The van der Waals surface area contributed by atoms with E-state index in [4.69, 9.17) is 10.5 Å². The van der Waals surface area contributed by atoms with Crippen LogP contribution in [0.4, 0.5) is 5.69 Å². The van der Waals surface area contributed by atoms with E-state index in [1.165, 1.54) is 0 Å². The van der Waals surface area contributed by atoms with Crippen molar-refractivity contribution >= 4 is 11.6 Å². The van der Waals surface area contributed by atoms with Gasteiger partial charge in [0, 0.05) is 32.5 Å². The van der Waals surface area contributed by atoms with E-state index < -0.39 is 0 Å². The molecule has 3 N–H and O–H groups in total. The molecule has 1 amide bonds. The lowest BCUT2D eigenvalue weighted by atomic mass is 10.1. The Kier molecular flexibility index (Phi) is 7.04. The maximum absolute atomic E-state index is 12.0. The molecule has 0 bridgehead atoms. The molecule has 5 heteroatoms. The molecule has 112 valence electrons. The third-order valence-corrected chi connectivity index (χ3v) is 3.34. The zero-order valence-corrected chi connectivity index (χ0v) is 12.6. The molecule has 1 aromatic carbocycles. The van der Waals surface area contributed by atoms with E-state index >= 15 is 0 Å². The van der Waals surface area contributed by atoms with E-state index in [-0.39, 0.29) is 11.9 Å². The highest BCUT2D eigenvalue weighted by atomic mass is 16.5. The van der Waals surface area contributed by atoms with Crippen molar-refractivity contribution in [1.29, 1.82) is 0 Å². The predicted octanol–water partition coefficient (Wildman–Crippen LogP) is 1.24. The second kappa shape index (κ2) is 8.55. The number of nitrogens with two attached hydrogens (primary N) is 1. The van der Waals surface area contributed by atoms with Crippen molar-refractivity contribution in [1.82, 2.24) is 10.2 Å². The number of rotatable bonds is 8. The molecule has 0 aliphatic carbocycles. The molecule has 0 saturated heterocycles. The van der Waals surface area contributed by atoms with Crippen molar-refractivity contribution in [2.45, 2.75) is 25.9 Å². The van der Waals surface area contributed by atoms with Crippen LogP contribution in [0.5, 0.6) is 0 Å². The zero-order chi connectivity index (χ0) is 15.0. The fourth-order valence-corrected chi connectivity index (χ4v) is 1.86. The minimum absolute atomic E-state index is 0.0260. The normalized spacial score (nSPS) is 12.4. The molecule has 20 heavy (non-hydrogen) atoms. The van der Waals surface area contributed by atoms with Crippen LogP contribution in [0.15, 0.2) is 24.3 Å². The molecular formula is C15H25N3O2. The monoisotopic (exact) mass is 279 g/mol. The number of carbonyl (C=O) groups excluding carboxylic acids is 1. The Labute approximate surface area is 121 Å². The molecule has 0 aromatic heterocycles. The molecule has 1 unspecified atom stereocenters. The van der Waals surface area contributed by atoms with Crippen LogP contribution in [-0.2, 0) is 16.1 Å². The lowest BCUT2D eigenvalue weighted by molar-refractivity contribution is -0.125. The van der Waals surface area contributed by atoms with Crippen molar-refractivity contribution in [2.75, 3.05) is 33.0 Å². The largest absolute Gasteiger partial charge is 0.398 e. The molecule has 5 nitrogen and oxygen atoms in total. The lowest BCUT2D eigenvalue weighted by Crippen LogP contribution is -2.43. The van der Waals surface area contributed by atoms with Gasteiger partial charge in [0.15, 0.2) is 0 Å². The van der Waals surface area contributed by atoms with E-state index in [0.29, 0.717) is 19.7 Å². The fraction of sp³-hybridized carbons (Fsp3) is 0.533. The quantitative estimate of drug-likeness (QED) is 0.555. The second-order valence-electron chi connectivity index (χ2n) is 4.93. The second-order valence-corrected chi connectivity index (χ2v) is 4.93. The molecule has 0 radical (unpaired) electrons. The van der Waals surface area contributed by atoms with Crippen LogP contribution in [0.3, 0.4) is 0 Å². The molecule has 0 saturated carbocycles. The molecule has 1 atom stereocenters. The summed E-state index contributed by atoms with van der Waals surface area (Å²) in [5, 5.41) is 2.91. The highest BCUT2D eigenvalue weighted by Crippen LogP contribution is 2.13. The van der Waals surface area contributed by atoms with Gasteiger partial charge in [0.25, 0.3) is 0 Å². The summed E-state index contributed by atoms with van der Waals surface area (Å²) in [6.07, 6.45) is 0.824. The summed E-state index contributed by atoms with van der Waals surface area (Å²) in [6, 6.07) is 7.52.